The maximum Gasteiger partial charge on any atom is 0.237 e. The van der Waals surface area contributed by atoms with Gasteiger partial charge in [-0.25, -0.2) is 4.98 Å². The summed E-state index contributed by atoms with van der Waals surface area (Å²) in [6, 6.07) is 0. The smallest absolute Gasteiger partial charge is 0.237 e. The van der Waals surface area contributed by atoms with Gasteiger partial charge < -0.3 is 5.11 Å². The molecule has 0 fully saturated rings. The van der Waals surface area contributed by atoms with Gasteiger partial charge in [0.2, 0.25) is 11.7 Å². The number of imidazole rings is 1. The summed E-state index contributed by atoms with van der Waals surface area (Å²) in [7, 11) is 0. The quantitative estimate of drug-likeness (QED) is 0.719. The average Bonchev–Trinajstić information content (AvgIpc) is 2.42. The molecule has 0 bridgehead atoms. The van der Waals surface area contributed by atoms with E-state index in [9.17, 15) is 0 Å². The molecule has 0 spiro atoms. The zero-order valence-electron chi connectivity index (χ0n) is 7.60. The maximum atomic E-state index is 9.11. The molecule has 2 aromatic heterocycles. The Morgan fingerprint density at radius 3 is 2.85 bits per heavy atom. The molecule has 68 valence electrons. The maximum absolute atomic E-state index is 9.11. The van der Waals surface area contributed by atoms with Gasteiger partial charge in [0.25, 0.3) is 0 Å². The van der Waals surface area contributed by atoms with Crippen molar-refractivity contribution in [2.24, 2.45) is 0 Å². The van der Waals surface area contributed by atoms with Crippen LogP contribution in [-0.4, -0.2) is 19.5 Å². The Labute approximate surface area is 75.9 Å². The van der Waals surface area contributed by atoms with Crippen molar-refractivity contribution in [2.45, 2.75) is 19.8 Å². The third-order valence-electron chi connectivity index (χ3n) is 1.98. The minimum atomic E-state index is 0.00778. The molecule has 13 heavy (non-hydrogen) atoms. The fraction of sp³-hybridized carbons (Fsp3) is 0.333. The van der Waals surface area contributed by atoms with E-state index in [-0.39, 0.29) is 5.88 Å². The van der Waals surface area contributed by atoms with E-state index < -0.39 is 0 Å². The number of hydrogen-bond acceptors (Lipinski definition) is 3. The highest BCUT2D eigenvalue weighted by Gasteiger charge is 2.03. The largest absolute Gasteiger partial charge is 0.492 e. The van der Waals surface area contributed by atoms with Crippen molar-refractivity contribution in [3.8, 4) is 5.88 Å². The van der Waals surface area contributed by atoms with Gasteiger partial charge in [-0.2, -0.15) is 4.98 Å². The van der Waals surface area contributed by atoms with E-state index in [4.69, 9.17) is 5.11 Å². The van der Waals surface area contributed by atoms with Gasteiger partial charge in [0.15, 0.2) is 0 Å². The predicted octanol–water partition coefficient (Wildman–Crippen LogP) is 1.56. The second-order valence-corrected chi connectivity index (χ2v) is 3.35. The van der Waals surface area contributed by atoms with Crippen molar-refractivity contribution < 1.29 is 5.11 Å². The third-order valence-corrected chi connectivity index (χ3v) is 1.98. The molecule has 2 rings (SSSR count). The first-order chi connectivity index (χ1) is 6.16. The first-order valence-electron chi connectivity index (χ1n) is 4.20. The highest BCUT2D eigenvalue weighted by atomic mass is 16.3. The fourth-order valence-electron chi connectivity index (χ4n) is 1.19. The van der Waals surface area contributed by atoms with Gasteiger partial charge in [-0.05, 0) is 11.5 Å². The first kappa shape index (κ1) is 8.04. The molecule has 0 aliphatic rings. The van der Waals surface area contributed by atoms with E-state index in [0.717, 1.165) is 5.56 Å². The Hall–Kier alpha value is -1.58. The van der Waals surface area contributed by atoms with E-state index in [1.165, 1.54) is 0 Å². The van der Waals surface area contributed by atoms with Crippen molar-refractivity contribution in [3.63, 3.8) is 0 Å². The lowest BCUT2D eigenvalue weighted by Crippen LogP contribution is -1.94. The van der Waals surface area contributed by atoms with Crippen LogP contribution in [0.1, 0.15) is 25.3 Å². The van der Waals surface area contributed by atoms with Crippen molar-refractivity contribution >= 4 is 5.78 Å². The number of aromatic hydroxyl groups is 1. The summed E-state index contributed by atoms with van der Waals surface area (Å²) in [4.78, 5) is 7.94. The number of hydrogen-bond donors (Lipinski definition) is 1. The summed E-state index contributed by atoms with van der Waals surface area (Å²) in [5.74, 6) is 0.969. The molecule has 0 aliphatic carbocycles. The van der Waals surface area contributed by atoms with Crippen LogP contribution < -0.4 is 0 Å². The molecule has 2 heterocycles. The standard InChI is InChI=1S/C9H11N3O/c1-6(2)7-3-10-9-11-8(13)5-12(9)4-7/h3-6,13H,1-2H3. The molecule has 0 amide bonds. The van der Waals surface area contributed by atoms with Gasteiger partial charge in [-0.1, -0.05) is 13.8 Å². The normalized spacial score (nSPS) is 11.3. The minimum Gasteiger partial charge on any atom is -0.492 e. The van der Waals surface area contributed by atoms with Crippen LogP contribution in [-0.2, 0) is 0 Å². The van der Waals surface area contributed by atoms with Gasteiger partial charge in [0.05, 0.1) is 6.20 Å². The number of nitrogens with zero attached hydrogens (tertiary/aromatic N) is 3. The van der Waals surface area contributed by atoms with Crippen LogP contribution in [0.15, 0.2) is 18.6 Å². The minimum absolute atomic E-state index is 0.00778. The Bertz CT molecular complexity index is 433. The summed E-state index contributed by atoms with van der Waals surface area (Å²) in [6.07, 6.45) is 5.26. The molecule has 0 aliphatic heterocycles. The van der Waals surface area contributed by atoms with E-state index >= 15 is 0 Å². The molecule has 0 atom stereocenters. The van der Waals surface area contributed by atoms with Crippen molar-refractivity contribution in [1.82, 2.24) is 14.4 Å². The highest BCUT2D eigenvalue weighted by Crippen LogP contribution is 2.14. The van der Waals surface area contributed by atoms with Gasteiger partial charge in [0, 0.05) is 12.4 Å². The van der Waals surface area contributed by atoms with E-state index in [2.05, 4.69) is 23.8 Å². The Balaban J connectivity index is 2.61. The third kappa shape index (κ3) is 1.35. The molecule has 1 N–H and O–H groups in total. The predicted molar refractivity (Wildman–Crippen MR) is 48.7 cm³/mol. The molecule has 0 saturated carbocycles. The van der Waals surface area contributed by atoms with E-state index in [1.54, 1.807) is 16.8 Å². The second-order valence-electron chi connectivity index (χ2n) is 3.35. The molecule has 4 nitrogen and oxygen atoms in total. The number of fused-ring (bicyclic) bond motifs is 1. The van der Waals surface area contributed by atoms with Gasteiger partial charge >= 0.3 is 0 Å². The Kier molecular flexibility index (Phi) is 1.69. The van der Waals surface area contributed by atoms with Crippen molar-refractivity contribution in [3.05, 3.63) is 24.2 Å². The molecule has 0 saturated heterocycles. The zero-order chi connectivity index (χ0) is 9.42. The van der Waals surface area contributed by atoms with E-state index in [0.29, 0.717) is 11.7 Å². The van der Waals surface area contributed by atoms with Crippen LogP contribution in [0.4, 0.5) is 0 Å². The van der Waals surface area contributed by atoms with Crippen LogP contribution in [0.3, 0.4) is 0 Å². The summed E-state index contributed by atoms with van der Waals surface area (Å²) in [5, 5.41) is 9.11. The van der Waals surface area contributed by atoms with Crippen LogP contribution in [0, 0.1) is 0 Å². The van der Waals surface area contributed by atoms with Crippen LogP contribution >= 0.6 is 0 Å². The van der Waals surface area contributed by atoms with Gasteiger partial charge in [0.1, 0.15) is 0 Å². The molecule has 0 radical (unpaired) electrons. The SMILES string of the molecule is CC(C)c1cnc2nc(O)cn2c1. The van der Waals surface area contributed by atoms with Gasteiger partial charge in [-0.15, -0.1) is 0 Å². The molecule has 0 aromatic carbocycles. The second kappa shape index (κ2) is 2.73. The first-order valence-corrected chi connectivity index (χ1v) is 4.20. The summed E-state index contributed by atoms with van der Waals surface area (Å²) < 4.78 is 1.73. The lowest BCUT2D eigenvalue weighted by Gasteiger charge is -2.03. The van der Waals surface area contributed by atoms with Crippen LogP contribution in [0.5, 0.6) is 5.88 Å². The molecular formula is C9H11N3O. The van der Waals surface area contributed by atoms with Gasteiger partial charge in [-0.3, -0.25) is 4.40 Å². The zero-order valence-corrected chi connectivity index (χ0v) is 7.60. The monoisotopic (exact) mass is 177 g/mol. The Morgan fingerprint density at radius 2 is 2.15 bits per heavy atom. The molecular weight excluding hydrogens is 166 g/mol. The lowest BCUT2D eigenvalue weighted by atomic mass is 10.1. The van der Waals surface area contributed by atoms with Crippen molar-refractivity contribution in [1.29, 1.82) is 0 Å². The topological polar surface area (TPSA) is 50.4 Å². The average molecular weight is 177 g/mol. The van der Waals surface area contributed by atoms with Crippen LogP contribution in [0.2, 0.25) is 0 Å². The van der Waals surface area contributed by atoms with Crippen LogP contribution in [0.25, 0.3) is 5.78 Å². The number of rotatable bonds is 1. The lowest BCUT2D eigenvalue weighted by molar-refractivity contribution is 0.457. The number of aromatic nitrogens is 3. The molecule has 4 heteroatoms. The summed E-state index contributed by atoms with van der Waals surface area (Å²) in [6.45, 7) is 4.19. The van der Waals surface area contributed by atoms with E-state index in [1.807, 2.05) is 6.20 Å². The highest BCUT2D eigenvalue weighted by molar-refractivity contribution is 5.33. The summed E-state index contributed by atoms with van der Waals surface area (Å²) >= 11 is 0. The summed E-state index contributed by atoms with van der Waals surface area (Å²) in [5.41, 5.74) is 1.13. The molecule has 2 aromatic rings. The Morgan fingerprint density at radius 1 is 1.38 bits per heavy atom. The van der Waals surface area contributed by atoms with Crippen molar-refractivity contribution in [2.75, 3.05) is 0 Å². The molecule has 0 unspecified atom stereocenters. The fourth-order valence-corrected chi connectivity index (χ4v) is 1.19.